The first-order valence-electron chi connectivity index (χ1n) is 3.57. The van der Waals surface area contributed by atoms with Crippen LogP contribution in [0.5, 0.6) is 0 Å². The molecule has 0 bridgehead atoms. The van der Waals surface area contributed by atoms with E-state index in [-0.39, 0.29) is 10.7 Å². The summed E-state index contributed by atoms with van der Waals surface area (Å²) in [6, 6.07) is 5.82. The van der Waals surface area contributed by atoms with Gasteiger partial charge in [0.25, 0.3) is 0 Å². The predicted octanol–water partition coefficient (Wildman–Crippen LogP) is 1.11. The van der Waals surface area contributed by atoms with Crippen LogP contribution < -0.4 is 0 Å². The van der Waals surface area contributed by atoms with Crippen molar-refractivity contribution in [1.82, 2.24) is 0 Å². The first kappa shape index (κ1) is 9.92. The molecule has 0 spiro atoms. The largest absolute Gasteiger partial charge is 0.294 e. The minimum Gasteiger partial charge on any atom is -0.294 e. The minimum atomic E-state index is -3.24. The average Bonchev–Trinajstić information content (AvgIpc) is 2.03. The van der Waals surface area contributed by atoms with E-state index < -0.39 is 9.84 Å². The van der Waals surface area contributed by atoms with Crippen molar-refractivity contribution in [2.45, 2.75) is 4.90 Å². The van der Waals surface area contributed by atoms with Crippen LogP contribution in [0.3, 0.4) is 0 Å². The van der Waals surface area contributed by atoms with E-state index in [0.29, 0.717) is 5.56 Å². The molecule has 0 fully saturated rings. The number of hydrogen-bond acceptors (Lipinski definition) is 3. The van der Waals surface area contributed by atoms with Crippen LogP contribution in [0.2, 0.25) is 0 Å². The first-order valence-corrected chi connectivity index (χ1v) is 5.47. The summed E-state index contributed by atoms with van der Waals surface area (Å²) >= 11 is 0. The molecule has 0 aliphatic heterocycles. The zero-order chi connectivity index (χ0) is 10.1. The molecule has 1 aromatic rings. The summed E-state index contributed by atoms with van der Waals surface area (Å²) in [6.07, 6.45) is 1.10. The van der Waals surface area contributed by atoms with Crippen LogP contribution in [-0.4, -0.2) is 20.5 Å². The van der Waals surface area contributed by atoms with Crippen LogP contribution in [0, 0.1) is 6.92 Å². The molecule has 1 radical (unpaired) electrons. The van der Waals surface area contributed by atoms with Gasteiger partial charge in [-0.2, -0.15) is 0 Å². The Bertz CT molecular complexity index is 432. The van der Waals surface area contributed by atoms with Crippen molar-refractivity contribution in [1.29, 1.82) is 0 Å². The number of Topliss-reactive ketones (excluding diaryl/α,β-unsaturated/α-hetero) is 1. The smallest absolute Gasteiger partial charge is 0.175 e. The van der Waals surface area contributed by atoms with Crippen molar-refractivity contribution < 1.29 is 13.2 Å². The molecule has 3 nitrogen and oxygen atoms in total. The summed E-state index contributed by atoms with van der Waals surface area (Å²) in [5.74, 6) is -0.384. The fourth-order valence-corrected chi connectivity index (χ4v) is 1.57. The Hall–Kier alpha value is -1.16. The third-order valence-electron chi connectivity index (χ3n) is 1.58. The van der Waals surface area contributed by atoms with E-state index in [1.165, 1.54) is 24.3 Å². The van der Waals surface area contributed by atoms with Crippen molar-refractivity contribution in [2.24, 2.45) is 0 Å². The second-order valence-corrected chi connectivity index (χ2v) is 4.74. The van der Waals surface area contributed by atoms with Crippen LogP contribution >= 0.6 is 0 Å². The Kier molecular flexibility index (Phi) is 2.52. The quantitative estimate of drug-likeness (QED) is 0.667. The molecule has 0 aliphatic carbocycles. The molecule has 0 unspecified atom stereocenters. The van der Waals surface area contributed by atoms with E-state index in [2.05, 4.69) is 6.92 Å². The van der Waals surface area contributed by atoms with E-state index in [1.54, 1.807) is 0 Å². The number of sulfone groups is 1. The Balaban J connectivity index is 3.29. The van der Waals surface area contributed by atoms with Gasteiger partial charge in [0.15, 0.2) is 15.6 Å². The third-order valence-corrected chi connectivity index (χ3v) is 2.69. The third kappa shape index (κ3) is 2.39. The maximum atomic E-state index is 11.1. The molecule has 4 heteroatoms. The highest BCUT2D eigenvalue weighted by Crippen LogP contribution is 2.11. The van der Waals surface area contributed by atoms with Gasteiger partial charge < -0.3 is 0 Å². The molecule has 0 aromatic heterocycles. The second kappa shape index (κ2) is 3.30. The minimum absolute atomic E-state index is 0.141. The molecule has 0 amide bonds. The molecule has 0 aliphatic rings. The fourth-order valence-electron chi connectivity index (χ4n) is 0.900. The number of rotatable bonds is 2. The summed E-state index contributed by atoms with van der Waals surface area (Å²) in [6.45, 7) is 3.20. The molecular formula is C9H9O3S. The summed E-state index contributed by atoms with van der Waals surface area (Å²) < 4.78 is 22.2. The molecule has 1 aromatic carbocycles. The molecule has 13 heavy (non-hydrogen) atoms. The van der Waals surface area contributed by atoms with Gasteiger partial charge in [-0.15, -0.1) is 0 Å². The Morgan fingerprint density at radius 2 is 2.00 bits per heavy atom. The maximum absolute atomic E-state index is 11.1. The fraction of sp³-hybridized carbons (Fsp3) is 0.111. The first-order chi connectivity index (χ1) is 5.91. The molecule has 0 atom stereocenters. The van der Waals surface area contributed by atoms with E-state index in [4.69, 9.17) is 0 Å². The topological polar surface area (TPSA) is 51.2 Å². The van der Waals surface area contributed by atoms with Crippen LogP contribution in [0.1, 0.15) is 10.4 Å². The van der Waals surface area contributed by atoms with E-state index in [0.717, 1.165) is 6.26 Å². The summed E-state index contributed by atoms with van der Waals surface area (Å²) in [5, 5.41) is 0. The summed E-state index contributed by atoms with van der Waals surface area (Å²) in [7, 11) is -3.24. The lowest BCUT2D eigenvalue weighted by Gasteiger charge is -1.99. The normalized spacial score (nSPS) is 11.2. The molecule has 0 saturated heterocycles. The average molecular weight is 197 g/mol. The maximum Gasteiger partial charge on any atom is 0.175 e. The second-order valence-electron chi connectivity index (χ2n) is 2.72. The number of ketones is 1. The van der Waals surface area contributed by atoms with Crippen molar-refractivity contribution in [3.63, 3.8) is 0 Å². The summed E-state index contributed by atoms with van der Waals surface area (Å²) in [5.41, 5.74) is 0.308. The van der Waals surface area contributed by atoms with Crippen molar-refractivity contribution >= 4 is 15.6 Å². The molecule has 69 valence electrons. The Morgan fingerprint density at radius 3 is 2.46 bits per heavy atom. The Morgan fingerprint density at radius 1 is 1.38 bits per heavy atom. The van der Waals surface area contributed by atoms with E-state index in [9.17, 15) is 13.2 Å². The number of carbonyl (C=O) groups is 1. The summed E-state index contributed by atoms with van der Waals surface area (Å²) in [4.78, 5) is 11.0. The van der Waals surface area contributed by atoms with Gasteiger partial charge >= 0.3 is 0 Å². The van der Waals surface area contributed by atoms with Gasteiger partial charge in [-0.3, -0.25) is 4.79 Å². The zero-order valence-electron chi connectivity index (χ0n) is 7.15. The van der Waals surface area contributed by atoms with Crippen LogP contribution in [0.15, 0.2) is 29.2 Å². The molecule has 0 N–H and O–H groups in total. The van der Waals surface area contributed by atoms with Gasteiger partial charge in [0.05, 0.1) is 4.90 Å². The van der Waals surface area contributed by atoms with Crippen LogP contribution in [-0.2, 0) is 9.84 Å². The molecular weight excluding hydrogens is 188 g/mol. The highest BCUT2D eigenvalue weighted by Gasteiger charge is 2.08. The van der Waals surface area contributed by atoms with Gasteiger partial charge in [-0.1, -0.05) is 12.1 Å². The molecule has 0 heterocycles. The molecule has 0 saturated carbocycles. The van der Waals surface area contributed by atoms with E-state index >= 15 is 0 Å². The monoisotopic (exact) mass is 197 g/mol. The zero-order valence-corrected chi connectivity index (χ0v) is 7.97. The lowest BCUT2D eigenvalue weighted by Crippen LogP contribution is -1.99. The highest BCUT2D eigenvalue weighted by atomic mass is 32.2. The standard InChI is InChI=1S/C9H9O3S/c1-7(10)8-4-3-5-9(6-8)13(2,11)12/h3-6H,1H2,2H3. The number of benzene rings is 1. The van der Waals surface area contributed by atoms with Gasteiger partial charge in [0, 0.05) is 18.7 Å². The van der Waals surface area contributed by atoms with Gasteiger partial charge in [-0.25, -0.2) is 8.42 Å². The lowest BCUT2D eigenvalue weighted by molar-refractivity contribution is 0.104. The highest BCUT2D eigenvalue weighted by molar-refractivity contribution is 7.90. The van der Waals surface area contributed by atoms with Crippen molar-refractivity contribution in [2.75, 3.05) is 6.26 Å². The van der Waals surface area contributed by atoms with Crippen LogP contribution in [0.25, 0.3) is 0 Å². The van der Waals surface area contributed by atoms with Gasteiger partial charge in [0.1, 0.15) is 0 Å². The molecule has 1 rings (SSSR count). The SMILES string of the molecule is [CH2]C(=O)c1cccc(S(C)(=O)=O)c1. The van der Waals surface area contributed by atoms with E-state index in [1.807, 2.05) is 0 Å². The Labute approximate surface area is 77.3 Å². The van der Waals surface area contributed by atoms with Crippen LogP contribution in [0.4, 0.5) is 0 Å². The van der Waals surface area contributed by atoms with Gasteiger partial charge in [0.2, 0.25) is 0 Å². The van der Waals surface area contributed by atoms with Gasteiger partial charge in [-0.05, 0) is 12.1 Å². The van der Waals surface area contributed by atoms with Crippen molar-refractivity contribution in [3.8, 4) is 0 Å². The number of hydrogen-bond donors (Lipinski definition) is 0. The number of carbonyl (C=O) groups excluding carboxylic acids is 1. The lowest BCUT2D eigenvalue weighted by atomic mass is 10.2. The predicted molar refractivity (Wildman–Crippen MR) is 49.2 cm³/mol. The van der Waals surface area contributed by atoms with Crippen molar-refractivity contribution in [3.05, 3.63) is 36.8 Å².